The van der Waals surface area contributed by atoms with Gasteiger partial charge in [-0.3, -0.25) is 9.36 Å². The minimum Gasteiger partial charge on any atom is -0.493 e. The molecule has 6 heteroatoms. The Hall–Kier alpha value is -3.02. The Morgan fingerprint density at radius 1 is 1.11 bits per heavy atom. The summed E-state index contributed by atoms with van der Waals surface area (Å²) in [5, 5.41) is 0. The van der Waals surface area contributed by atoms with Crippen molar-refractivity contribution in [2.24, 2.45) is 5.92 Å². The number of carbonyl (C=O) groups excluding carboxylic acids is 1. The third-order valence-electron chi connectivity index (χ3n) is 5.35. The van der Waals surface area contributed by atoms with Gasteiger partial charge in [0.1, 0.15) is 5.75 Å². The minimum absolute atomic E-state index is 0.00730. The van der Waals surface area contributed by atoms with Gasteiger partial charge in [0.25, 0.3) is 5.91 Å². The molecule has 6 nitrogen and oxygen atoms in total. The molecule has 1 N–H and O–H groups in total. The average molecular weight is 363 g/mol. The average Bonchev–Trinajstić information content (AvgIpc) is 3.42. The summed E-state index contributed by atoms with van der Waals surface area (Å²) in [5.41, 5.74) is 2.16. The quantitative estimate of drug-likeness (QED) is 0.758. The largest absolute Gasteiger partial charge is 0.493 e. The number of aromatic nitrogens is 2. The first kappa shape index (κ1) is 16.2. The van der Waals surface area contributed by atoms with E-state index in [0.29, 0.717) is 37.2 Å². The van der Waals surface area contributed by atoms with E-state index in [4.69, 9.17) is 4.74 Å². The smallest absolute Gasteiger partial charge is 0.326 e. The first-order valence-electron chi connectivity index (χ1n) is 9.40. The number of nitrogens with one attached hydrogen (secondary N) is 1. The molecule has 1 aromatic heterocycles. The molecule has 138 valence electrons. The Labute approximate surface area is 156 Å². The van der Waals surface area contributed by atoms with Gasteiger partial charge in [0.15, 0.2) is 0 Å². The van der Waals surface area contributed by atoms with E-state index in [1.54, 1.807) is 6.07 Å². The Balaban J connectivity index is 1.23. The standard InChI is InChI=1S/C21H21N3O3/c25-20(23-11-14(12-23)13-27-17-4-2-1-3-5-17)15-6-9-19-18(10-15)22-21(26)24(19)16-7-8-16/h1-6,9-10,14,16H,7-8,11-13H2,(H,22,26). The number of nitrogens with zero attached hydrogens (tertiary/aromatic N) is 2. The molecule has 1 saturated heterocycles. The Morgan fingerprint density at radius 3 is 2.63 bits per heavy atom. The molecule has 2 aromatic carbocycles. The summed E-state index contributed by atoms with van der Waals surface area (Å²) in [6, 6.07) is 15.5. The number of ether oxygens (including phenoxy) is 1. The fourth-order valence-corrected chi connectivity index (χ4v) is 3.71. The number of H-pyrrole nitrogens is 1. The molecule has 1 saturated carbocycles. The minimum atomic E-state index is -0.0841. The molecule has 27 heavy (non-hydrogen) atoms. The lowest BCUT2D eigenvalue weighted by molar-refractivity contribution is 0.0393. The SMILES string of the molecule is O=C(c1ccc2c(c1)[nH]c(=O)n2C1CC1)N1CC(COc2ccccc2)C1. The molecule has 2 fully saturated rings. The predicted octanol–water partition coefficient (Wildman–Crippen LogP) is 2.82. The van der Waals surface area contributed by atoms with E-state index in [1.807, 2.05) is 51.9 Å². The Kier molecular flexibility index (Phi) is 3.77. The topological polar surface area (TPSA) is 67.3 Å². The number of para-hydroxylation sites is 1. The molecule has 0 bridgehead atoms. The van der Waals surface area contributed by atoms with Crippen molar-refractivity contribution < 1.29 is 9.53 Å². The van der Waals surface area contributed by atoms with Gasteiger partial charge in [0.2, 0.25) is 0 Å². The van der Waals surface area contributed by atoms with Crippen molar-refractivity contribution >= 4 is 16.9 Å². The van der Waals surface area contributed by atoms with Gasteiger partial charge < -0.3 is 14.6 Å². The highest BCUT2D eigenvalue weighted by atomic mass is 16.5. The van der Waals surface area contributed by atoms with Gasteiger partial charge in [-0.1, -0.05) is 18.2 Å². The van der Waals surface area contributed by atoms with Gasteiger partial charge in [-0.25, -0.2) is 4.79 Å². The first-order valence-corrected chi connectivity index (χ1v) is 9.40. The maximum Gasteiger partial charge on any atom is 0.326 e. The molecule has 0 spiro atoms. The van der Waals surface area contributed by atoms with E-state index in [2.05, 4.69) is 4.98 Å². The predicted molar refractivity (Wildman–Crippen MR) is 102 cm³/mol. The van der Waals surface area contributed by atoms with Crippen molar-refractivity contribution in [3.63, 3.8) is 0 Å². The molecule has 2 heterocycles. The Morgan fingerprint density at radius 2 is 1.89 bits per heavy atom. The van der Waals surface area contributed by atoms with E-state index >= 15 is 0 Å². The highest BCUT2D eigenvalue weighted by Gasteiger charge is 2.32. The monoisotopic (exact) mass is 363 g/mol. The summed E-state index contributed by atoms with van der Waals surface area (Å²) >= 11 is 0. The lowest BCUT2D eigenvalue weighted by atomic mass is 9.99. The van der Waals surface area contributed by atoms with Crippen LogP contribution in [0.5, 0.6) is 5.75 Å². The van der Waals surface area contributed by atoms with Crippen LogP contribution in [0.2, 0.25) is 0 Å². The number of imidazole rings is 1. The number of carbonyl (C=O) groups is 1. The van der Waals surface area contributed by atoms with Crippen LogP contribution in [0.4, 0.5) is 0 Å². The number of likely N-dealkylation sites (tertiary alicyclic amines) is 1. The van der Waals surface area contributed by atoms with Crippen molar-refractivity contribution in [1.82, 2.24) is 14.5 Å². The third-order valence-corrected chi connectivity index (χ3v) is 5.35. The number of rotatable bonds is 5. The second kappa shape index (κ2) is 6.30. The van der Waals surface area contributed by atoms with Gasteiger partial charge in [-0.15, -0.1) is 0 Å². The summed E-state index contributed by atoms with van der Waals surface area (Å²) in [6.45, 7) is 2.01. The molecular weight excluding hydrogens is 342 g/mol. The zero-order valence-corrected chi connectivity index (χ0v) is 14.9. The molecule has 1 amide bonds. The molecule has 2 aliphatic rings. The molecule has 3 aromatic rings. The van der Waals surface area contributed by atoms with Gasteiger partial charge in [0.05, 0.1) is 17.6 Å². The van der Waals surface area contributed by atoms with Crippen LogP contribution < -0.4 is 10.4 Å². The Bertz CT molecular complexity index is 1040. The van der Waals surface area contributed by atoms with Gasteiger partial charge in [-0.05, 0) is 43.2 Å². The van der Waals surface area contributed by atoms with Crippen LogP contribution in [0.25, 0.3) is 11.0 Å². The zero-order chi connectivity index (χ0) is 18.4. The maximum absolute atomic E-state index is 12.7. The third kappa shape index (κ3) is 3.01. The number of hydrogen-bond acceptors (Lipinski definition) is 3. The van der Waals surface area contributed by atoms with Crippen LogP contribution in [0, 0.1) is 5.92 Å². The molecule has 1 aliphatic carbocycles. The van der Waals surface area contributed by atoms with E-state index in [0.717, 1.165) is 29.6 Å². The van der Waals surface area contributed by atoms with Gasteiger partial charge in [-0.2, -0.15) is 0 Å². The number of aromatic amines is 1. The van der Waals surface area contributed by atoms with Crippen LogP contribution >= 0.6 is 0 Å². The van der Waals surface area contributed by atoms with Gasteiger partial charge >= 0.3 is 5.69 Å². The zero-order valence-electron chi connectivity index (χ0n) is 14.9. The van der Waals surface area contributed by atoms with E-state index < -0.39 is 0 Å². The van der Waals surface area contributed by atoms with Crippen LogP contribution in [0.3, 0.4) is 0 Å². The molecule has 0 radical (unpaired) electrons. The number of fused-ring (bicyclic) bond motifs is 1. The number of benzene rings is 2. The lowest BCUT2D eigenvalue weighted by Crippen LogP contribution is -2.52. The van der Waals surface area contributed by atoms with E-state index in [9.17, 15) is 9.59 Å². The van der Waals surface area contributed by atoms with Crippen molar-refractivity contribution in [2.45, 2.75) is 18.9 Å². The molecule has 5 rings (SSSR count). The molecule has 0 atom stereocenters. The highest BCUT2D eigenvalue weighted by molar-refractivity contribution is 5.97. The van der Waals surface area contributed by atoms with Crippen LogP contribution in [0.1, 0.15) is 29.2 Å². The molecule has 0 unspecified atom stereocenters. The van der Waals surface area contributed by atoms with Crippen molar-refractivity contribution in [2.75, 3.05) is 19.7 Å². The summed E-state index contributed by atoms with van der Waals surface area (Å²) in [5.74, 6) is 1.22. The summed E-state index contributed by atoms with van der Waals surface area (Å²) in [7, 11) is 0. The normalized spacial score (nSPS) is 17.1. The van der Waals surface area contributed by atoms with Crippen molar-refractivity contribution in [1.29, 1.82) is 0 Å². The first-order chi connectivity index (χ1) is 13.2. The van der Waals surface area contributed by atoms with Crippen LogP contribution in [-0.2, 0) is 0 Å². The second-order valence-corrected chi connectivity index (χ2v) is 7.46. The number of amides is 1. The lowest BCUT2D eigenvalue weighted by Gasteiger charge is -2.39. The highest BCUT2D eigenvalue weighted by Crippen LogP contribution is 2.35. The van der Waals surface area contributed by atoms with E-state index in [-0.39, 0.29) is 11.6 Å². The van der Waals surface area contributed by atoms with Crippen LogP contribution in [0.15, 0.2) is 53.3 Å². The summed E-state index contributed by atoms with van der Waals surface area (Å²) < 4.78 is 7.57. The fraction of sp³-hybridized carbons (Fsp3) is 0.333. The van der Waals surface area contributed by atoms with E-state index in [1.165, 1.54) is 0 Å². The number of hydrogen-bond donors (Lipinski definition) is 1. The second-order valence-electron chi connectivity index (χ2n) is 7.46. The summed E-state index contributed by atoms with van der Waals surface area (Å²) in [4.78, 5) is 29.6. The van der Waals surface area contributed by atoms with Gasteiger partial charge in [0, 0.05) is 30.6 Å². The van der Waals surface area contributed by atoms with Crippen molar-refractivity contribution in [3.8, 4) is 5.75 Å². The summed E-state index contributed by atoms with van der Waals surface area (Å²) in [6.07, 6.45) is 2.10. The molecule has 1 aliphatic heterocycles. The van der Waals surface area contributed by atoms with Crippen LogP contribution in [-0.4, -0.2) is 40.1 Å². The maximum atomic E-state index is 12.7. The fourth-order valence-electron chi connectivity index (χ4n) is 3.71. The van der Waals surface area contributed by atoms with Crippen molar-refractivity contribution in [3.05, 3.63) is 64.6 Å². The molecular formula is C21H21N3O3.